The Balaban J connectivity index is 2.32. The van der Waals surface area contributed by atoms with Gasteiger partial charge in [-0.25, -0.2) is 4.85 Å². The van der Waals surface area contributed by atoms with E-state index >= 15 is 0 Å². The van der Waals surface area contributed by atoms with Crippen LogP contribution in [0.5, 0.6) is 5.75 Å². The summed E-state index contributed by atoms with van der Waals surface area (Å²) >= 11 is 0. The van der Waals surface area contributed by atoms with Crippen molar-refractivity contribution in [2.75, 3.05) is 0 Å². The number of rotatable bonds is 2. The molecule has 4 nitrogen and oxygen atoms in total. The fraction of sp³-hybridized carbons (Fsp3) is 0.0588. The van der Waals surface area contributed by atoms with E-state index in [-0.39, 0.29) is 11.4 Å². The minimum absolute atomic E-state index is 0.232. The van der Waals surface area contributed by atoms with Crippen molar-refractivity contribution in [1.82, 2.24) is 4.57 Å². The number of fused-ring (bicyclic) bond motifs is 1. The van der Waals surface area contributed by atoms with E-state index in [4.69, 9.17) is 6.57 Å². The number of benzene rings is 2. The second-order valence-corrected chi connectivity index (χ2v) is 4.70. The van der Waals surface area contributed by atoms with Gasteiger partial charge in [-0.1, -0.05) is 48.5 Å². The van der Waals surface area contributed by atoms with Crippen molar-refractivity contribution in [1.29, 1.82) is 0 Å². The Hall–Kier alpha value is -3.06. The zero-order valence-corrected chi connectivity index (χ0v) is 11.2. The maximum absolute atomic E-state index is 12.4. The minimum atomic E-state index is -0.468. The van der Waals surface area contributed by atoms with Gasteiger partial charge in [-0.05, 0) is 11.6 Å². The Morgan fingerprint density at radius 2 is 1.71 bits per heavy atom. The molecule has 1 N–H and O–H groups in total. The summed E-state index contributed by atoms with van der Waals surface area (Å²) in [6.07, 6.45) is 0. The Labute approximate surface area is 121 Å². The van der Waals surface area contributed by atoms with Gasteiger partial charge >= 0.3 is 0 Å². The molecule has 0 saturated heterocycles. The van der Waals surface area contributed by atoms with Crippen LogP contribution in [0.2, 0.25) is 0 Å². The van der Waals surface area contributed by atoms with E-state index in [1.165, 1.54) is 4.57 Å². The van der Waals surface area contributed by atoms with Crippen LogP contribution in [0.3, 0.4) is 0 Å². The molecule has 3 aromatic rings. The van der Waals surface area contributed by atoms with Crippen molar-refractivity contribution in [2.45, 2.75) is 6.54 Å². The highest BCUT2D eigenvalue weighted by atomic mass is 16.3. The lowest BCUT2D eigenvalue weighted by molar-refractivity contribution is 0.482. The molecule has 3 rings (SSSR count). The van der Waals surface area contributed by atoms with Gasteiger partial charge in [0, 0.05) is 11.9 Å². The first kappa shape index (κ1) is 12.9. The van der Waals surface area contributed by atoms with Crippen LogP contribution >= 0.6 is 0 Å². The van der Waals surface area contributed by atoms with Gasteiger partial charge < -0.3 is 9.67 Å². The third-order valence-corrected chi connectivity index (χ3v) is 3.42. The van der Waals surface area contributed by atoms with Gasteiger partial charge in [0.2, 0.25) is 0 Å². The van der Waals surface area contributed by atoms with Crippen LogP contribution in [-0.4, -0.2) is 9.67 Å². The molecule has 102 valence electrons. The first-order valence-corrected chi connectivity index (χ1v) is 6.48. The molecule has 0 aliphatic heterocycles. The van der Waals surface area contributed by atoms with Crippen LogP contribution < -0.4 is 5.56 Å². The number of hydrogen-bond donors (Lipinski definition) is 1. The van der Waals surface area contributed by atoms with Gasteiger partial charge in [0.25, 0.3) is 11.2 Å². The Bertz CT molecular complexity index is 906. The number of nitrogens with zero attached hydrogens (tertiary/aromatic N) is 2. The van der Waals surface area contributed by atoms with Crippen molar-refractivity contribution in [3.05, 3.63) is 81.9 Å². The van der Waals surface area contributed by atoms with Crippen molar-refractivity contribution in [3.8, 4) is 5.75 Å². The maximum Gasteiger partial charge on any atom is 0.291 e. The molecule has 0 unspecified atom stereocenters. The van der Waals surface area contributed by atoms with E-state index in [0.29, 0.717) is 17.4 Å². The molecule has 0 aliphatic carbocycles. The molecule has 0 aliphatic rings. The van der Waals surface area contributed by atoms with Crippen molar-refractivity contribution >= 4 is 16.6 Å². The predicted molar refractivity (Wildman–Crippen MR) is 81.7 cm³/mol. The van der Waals surface area contributed by atoms with Gasteiger partial charge in [-0.2, -0.15) is 0 Å². The highest BCUT2D eigenvalue weighted by Gasteiger charge is 2.16. The maximum atomic E-state index is 12.4. The molecule has 1 heterocycles. The quantitative estimate of drug-likeness (QED) is 0.730. The lowest BCUT2D eigenvalue weighted by Gasteiger charge is -2.13. The lowest BCUT2D eigenvalue weighted by Crippen LogP contribution is -2.20. The van der Waals surface area contributed by atoms with Crippen LogP contribution in [-0.2, 0) is 6.54 Å². The summed E-state index contributed by atoms with van der Waals surface area (Å²) in [7, 11) is 0. The number of pyridine rings is 1. The van der Waals surface area contributed by atoms with Crippen molar-refractivity contribution in [3.63, 3.8) is 0 Å². The first-order chi connectivity index (χ1) is 10.2. The fourth-order valence-electron chi connectivity index (χ4n) is 2.40. The molecular formula is C17H12N2O2. The van der Waals surface area contributed by atoms with E-state index in [1.807, 2.05) is 30.3 Å². The number of hydrogen-bond acceptors (Lipinski definition) is 2. The van der Waals surface area contributed by atoms with E-state index in [0.717, 1.165) is 5.56 Å². The number of aromatic nitrogens is 1. The molecule has 21 heavy (non-hydrogen) atoms. The summed E-state index contributed by atoms with van der Waals surface area (Å²) < 4.78 is 1.53. The Morgan fingerprint density at radius 1 is 1.05 bits per heavy atom. The molecule has 0 saturated carbocycles. The lowest BCUT2D eigenvalue weighted by atomic mass is 10.1. The van der Waals surface area contributed by atoms with Crippen LogP contribution in [0.4, 0.5) is 5.69 Å². The molecule has 0 atom stereocenters. The van der Waals surface area contributed by atoms with Gasteiger partial charge in [-0.15, -0.1) is 0 Å². The molecule has 4 heteroatoms. The minimum Gasteiger partial charge on any atom is -0.518 e. The summed E-state index contributed by atoms with van der Waals surface area (Å²) in [6, 6.07) is 16.6. The SMILES string of the molecule is [C-]#[N+]c1c(O)c2ccccc2n(Cc2ccccc2)c1=O. The topological polar surface area (TPSA) is 46.6 Å². The Morgan fingerprint density at radius 3 is 2.43 bits per heavy atom. The standard InChI is InChI=1S/C17H12N2O2/c1-18-15-16(20)13-9-5-6-10-14(13)19(17(15)21)11-12-7-3-2-4-8-12/h2-10,20H,11H2. The van der Waals surface area contributed by atoms with Crippen LogP contribution in [0.15, 0.2) is 59.4 Å². The largest absolute Gasteiger partial charge is 0.518 e. The molecule has 0 radical (unpaired) electrons. The van der Waals surface area contributed by atoms with E-state index < -0.39 is 5.56 Å². The van der Waals surface area contributed by atoms with Crippen molar-refractivity contribution < 1.29 is 5.11 Å². The monoisotopic (exact) mass is 276 g/mol. The Kier molecular flexibility index (Phi) is 3.17. The van der Waals surface area contributed by atoms with Crippen molar-refractivity contribution in [2.24, 2.45) is 0 Å². The van der Waals surface area contributed by atoms with Gasteiger partial charge in [0.05, 0.1) is 12.1 Å². The zero-order valence-electron chi connectivity index (χ0n) is 11.2. The highest BCUT2D eigenvalue weighted by molar-refractivity contribution is 5.90. The summed E-state index contributed by atoms with van der Waals surface area (Å²) in [5.74, 6) is -0.241. The van der Waals surface area contributed by atoms with Crippen LogP contribution in [0.1, 0.15) is 5.56 Å². The molecule has 0 bridgehead atoms. The van der Waals surface area contributed by atoms with Gasteiger partial charge in [0.15, 0.2) is 0 Å². The summed E-state index contributed by atoms with van der Waals surface area (Å²) in [5.41, 5.74) is 0.886. The zero-order chi connectivity index (χ0) is 14.8. The van der Waals surface area contributed by atoms with E-state index in [2.05, 4.69) is 4.85 Å². The number of para-hydroxylation sites is 1. The number of aromatic hydroxyl groups is 1. The summed E-state index contributed by atoms with van der Waals surface area (Å²) in [4.78, 5) is 15.6. The van der Waals surface area contributed by atoms with Crippen LogP contribution in [0.25, 0.3) is 15.7 Å². The normalized spacial score (nSPS) is 10.4. The summed E-state index contributed by atoms with van der Waals surface area (Å²) in [6.45, 7) is 7.49. The highest BCUT2D eigenvalue weighted by Crippen LogP contribution is 2.31. The van der Waals surface area contributed by atoms with E-state index in [1.54, 1.807) is 24.3 Å². The van der Waals surface area contributed by atoms with Gasteiger partial charge in [-0.3, -0.25) is 4.79 Å². The average molecular weight is 276 g/mol. The molecule has 2 aromatic carbocycles. The third kappa shape index (κ3) is 2.15. The van der Waals surface area contributed by atoms with Gasteiger partial charge in [0.1, 0.15) is 5.75 Å². The predicted octanol–water partition coefficient (Wildman–Crippen LogP) is 3.31. The van der Waals surface area contributed by atoms with Crippen LogP contribution in [0, 0.1) is 6.57 Å². The molecular weight excluding hydrogens is 264 g/mol. The fourth-order valence-corrected chi connectivity index (χ4v) is 2.40. The summed E-state index contributed by atoms with van der Waals surface area (Å²) in [5, 5.41) is 10.6. The molecule has 0 spiro atoms. The van der Waals surface area contributed by atoms with E-state index in [9.17, 15) is 9.90 Å². The second kappa shape index (κ2) is 5.14. The molecule has 1 aromatic heterocycles. The smallest absolute Gasteiger partial charge is 0.291 e. The first-order valence-electron chi connectivity index (χ1n) is 6.48. The molecule has 0 amide bonds. The third-order valence-electron chi connectivity index (χ3n) is 3.42. The average Bonchev–Trinajstić information content (AvgIpc) is 2.53. The molecule has 0 fully saturated rings. The second-order valence-electron chi connectivity index (χ2n) is 4.70.